The molecule has 156 valence electrons. The summed E-state index contributed by atoms with van der Waals surface area (Å²) >= 11 is 0. The summed E-state index contributed by atoms with van der Waals surface area (Å²) in [6, 6.07) is 30.4. The first-order valence-corrected chi connectivity index (χ1v) is 10.9. The number of ether oxygens (including phenoxy) is 1. The minimum Gasteiger partial charge on any atom is -0.457 e. The van der Waals surface area contributed by atoms with Gasteiger partial charge in [0.05, 0.1) is 11.2 Å². The predicted molar refractivity (Wildman–Crippen MR) is 133 cm³/mol. The van der Waals surface area contributed by atoms with E-state index in [2.05, 4.69) is 22.2 Å². The SMILES string of the molecule is Cc1cc(-c2ccc(-c3ccc(Oc4ccccc4)cc3)c(F)c2)nc2ccc(P)cc12. The highest BCUT2D eigenvalue weighted by Gasteiger charge is 2.11. The first kappa shape index (κ1) is 20.4. The lowest BCUT2D eigenvalue weighted by Gasteiger charge is -2.10. The summed E-state index contributed by atoms with van der Waals surface area (Å²) in [4.78, 5) is 4.75. The Labute approximate surface area is 188 Å². The molecule has 0 N–H and O–H groups in total. The number of para-hydroxylation sites is 1. The van der Waals surface area contributed by atoms with Crippen LogP contribution in [0.5, 0.6) is 11.5 Å². The van der Waals surface area contributed by atoms with E-state index in [0.717, 1.165) is 44.3 Å². The van der Waals surface area contributed by atoms with Crippen LogP contribution in [0.1, 0.15) is 5.56 Å². The van der Waals surface area contributed by atoms with Crippen LogP contribution in [-0.2, 0) is 0 Å². The van der Waals surface area contributed by atoms with Crippen molar-refractivity contribution in [3.63, 3.8) is 0 Å². The van der Waals surface area contributed by atoms with Gasteiger partial charge in [-0.3, -0.25) is 0 Å². The smallest absolute Gasteiger partial charge is 0.131 e. The van der Waals surface area contributed by atoms with Gasteiger partial charge >= 0.3 is 0 Å². The molecular formula is C28H21FNOP. The number of hydrogen-bond donors (Lipinski definition) is 0. The predicted octanol–water partition coefficient (Wildman–Crippen LogP) is 7.31. The van der Waals surface area contributed by atoms with E-state index in [1.165, 1.54) is 0 Å². The third kappa shape index (κ3) is 4.12. The van der Waals surface area contributed by atoms with Gasteiger partial charge in [0.15, 0.2) is 0 Å². The summed E-state index contributed by atoms with van der Waals surface area (Å²) in [7, 11) is 2.71. The van der Waals surface area contributed by atoms with Crippen LogP contribution >= 0.6 is 9.24 Å². The highest BCUT2D eigenvalue weighted by Crippen LogP contribution is 2.31. The molecule has 0 spiro atoms. The molecule has 0 aliphatic heterocycles. The number of aryl methyl sites for hydroxylation is 1. The van der Waals surface area contributed by atoms with E-state index in [1.54, 1.807) is 6.07 Å². The molecule has 0 saturated carbocycles. The lowest BCUT2D eigenvalue weighted by Crippen LogP contribution is -1.95. The number of benzene rings is 4. The topological polar surface area (TPSA) is 22.1 Å². The summed E-state index contributed by atoms with van der Waals surface area (Å²) in [5, 5.41) is 2.22. The molecule has 1 heterocycles. The van der Waals surface area contributed by atoms with Gasteiger partial charge in [0.1, 0.15) is 17.3 Å². The van der Waals surface area contributed by atoms with Crippen molar-refractivity contribution >= 4 is 25.4 Å². The van der Waals surface area contributed by atoms with Crippen molar-refractivity contribution in [3.8, 4) is 33.9 Å². The fourth-order valence-corrected chi connectivity index (χ4v) is 4.06. The van der Waals surface area contributed by atoms with Gasteiger partial charge in [-0.05, 0) is 71.9 Å². The van der Waals surface area contributed by atoms with Gasteiger partial charge in [-0.15, -0.1) is 9.24 Å². The first-order valence-electron chi connectivity index (χ1n) is 10.4. The van der Waals surface area contributed by atoms with Crippen LogP contribution in [0.4, 0.5) is 4.39 Å². The molecule has 0 bridgehead atoms. The Morgan fingerprint density at radius 1 is 0.750 bits per heavy atom. The zero-order valence-electron chi connectivity index (χ0n) is 17.5. The monoisotopic (exact) mass is 437 g/mol. The molecule has 0 amide bonds. The number of rotatable bonds is 4. The minimum absolute atomic E-state index is 0.279. The molecule has 2 nitrogen and oxygen atoms in total. The van der Waals surface area contributed by atoms with Gasteiger partial charge in [0.25, 0.3) is 0 Å². The maximum absolute atomic E-state index is 15.1. The average molecular weight is 437 g/mol. The van der Waals surface area contributed by atoms with Gasteiger partial charge in [-0.25, -0.2) is 9.37 Å². The Morgan fingerprint density at radius 2 is 1.47 bits per heavy atom. The van der Waals surface area contributed by atoms with E-state index in [9.17, 15) is 0 Å². The van der Waals surface area contributed by atoms with Crippen LogP contribution in [-0.4, -0.2) is 4.98 Å². The van der Waals surface area contributed by atoms with Crippen LogP contribution in [0.2, 0.25) is 0 Å². The second-order valence-electron chi connectivity index (χ2n) is 7.74. The Morgan fingerprint density at radius 3 is 2.22 bits per heavy atom. The molecule has 1 atom stereocenters. The number of pyridine rings is 1. The molecule has 0 aliphatic rings. The number of hydrogen-bond acceptors (Lipinski definition) is 2. The molecule has 5 aromatic rings. The summed E-state index contributed by atoms with van der Waals surface area (Å²) in [5.41, 5.74) is 4.89. The standard InChI is InChI=1S/C28H21FNOP/c1-18-15-28(30-27-14-12-23(32)17-25(18)27)20-9-13-24(26(29)16-20)19-7-10-22(11-8-19)31-21-5-3-2-4-6-21/h2-17H,32H2,1H3. The van der Waals surface area contributed by atoms with E-state index in [0.29, 0.717) is 11.3 Å². The van der Waals surface area contributed by atoms with Crippen LogP contribution in [0.15, 0.2) is 97.1 Å². The third-order valence-electron chi connectivity index (χ3n) is 5.45. The summed E-state index contributed by atoms with van der Waals surface area (Å²) < 4.78 is 20.9. The van der Waals surface area contributed by atoms with Crippen LogP contribution in [0.3, 0.4) is 0 Å². The minimum atomic E-state index is -0.279. The summed E-state index contributed by atoms with van der Waals surface area (Å²) in [5.74, 6) is 1.20. The molecular weight excluding hydrogens is 416 g/mol. The van der Waals surface area contributed by atoms with Gasteiger partial charge in [0, 0.05) is 16.5 Å². The molecule has 0 radical (unpaired) electrons. The number of fused-ring (bicyclic) bond motifs is 1. The third-order valence-corrected chi connectivity index (χ3v) is 5.81. The van der Waals surface area contributed by atoms with Crippen molar-refractivity contribution in [1.82, 2.24) is 4.98 Å². The van der Waals surface area contributed by atoms with Gasteiger partial charge in [-0.1, -0.05) is 48.5 Å². The van der Waals surface area contributed by atoms with Crippen molar-refractivity contribution in [2.45, 2.75) is 6.92 Å². The quantitative estimate of drug-likeness (QED) is 0.275. The fourth-order valence-electron chi connectivity index (χ4n) is 3.80. The average Bonchev–Trinajstić information content (AvgIpc) is 2.81. The molecule has 0 saturated heterocycles. The summed E-state index contributed by atoms with van der Waals surface area (Å²) in [6.45, 7) is 2.06. The second kappa shape index (κ2) is 8.53. The molecule has 0 aliphatic carbocycles. The maximum atomic E-state index is 15.1. The molecule has 4 heteroatoms. The zero-order chi connectivity index (χ0) is 22.1. The molecule has 32 heavy (non-hydrogen) atoms. The number of nitrogens with zero attached hydrogens (tertiary/aromatic N) is 1. The maximum Gasteiger partial charge on any atom is 0.131 e. The molecule has 0 fully saturated rings. The van der Waals surface area contributed by atoms with E-state index < -0.39 is 0 Å². The highest BCUT2D eigenvalue weighted by atomic mass is 31.0. The summed E-state index contributed by atoms with van der Waals surface area (Å²) in [6.07, 6.45) is 0. The lowest BCUT2D eigenvalue weighted by molar-refractivity contribution is 0.483. The second-order valence-corrected chi connectivity index (χ2v) is 8.40. The van der Waals surface area contributed by atoms with E-state index in [1.807, 2.05) is 84.9 Å². The van der Waals surface area contributed by atoms with Gasteiger partial charge in [-0.2, -0.15) is 0 Å². The zero-order valence-corrected chi connectivity index (χ0v) is 18.7. The van der Waals surface area contributed by atoms with E-state index >= 15 is 4.39 Å². The van der Waals surface area contributed by atoms with Crippen molar-refractivity contribution < 1.29 is 9.13 Å². The van der Waals surface area contributed by atoms with Crippen molar-refractivity contribution in [1.29, 1.82) is 0 Å². The Kier molecular flexibility index (Phi) is 5.43. The fraction of sp³-hybridized carbons (Fsp3) is 0.0357. The van der Waals surface area contributed by atoms with E-state index in [-0.39, 0.29) is 5.82 Å². The van der Waals surface area contributed by atoms with Crippen LogP contribution < -0.4 is 10.0 Å². The normalized spacial score (nSPS) is 11.0. The van der Waals surface area contributed by atoms with Crippen molar-refractivity contribution in [3.05, 3.63) is 108 Å². The lowest BCUT2D eigenvalue weighted by atomic mass is 10.0. The largest absolute Gasteiger partial charge is 0.457 e. The molecule has 1 aromatic heterocycles. The Bertz CT molecular complexity index is 1420. The van der Waals surface area contributed by atoms with Crippen LogP contribution in [0, 0.1) is 12.7 Å². The van der Waals surface area contributed by atoms with Crippen molar-refractivity contribution in [2.75, 3.05) is 0 Å². The van der Waals surface area contributed by atoms with E-state index in [4.69, 9.17) is 9.72 Å². The molecule has 4 aromatic carbocycles. The first-order chi connectivity index (χ1) is 15.6. The van der Waals surface area contributed by atoms with Gasteiger partial charge < -0.3 is 4.74 Å². The van der Waals surface area contributed by atoms with Gasteiger partial charge in [0.2, 0.25) is 0 Å². The van der Waals surface area contributed by atoms with Crippen LogP contribution in [0.25, 0.3) is 33.3 Å². The molecule has 5 rings (SSSR count). The van der Waals surface area contributed by atoms with Crippen molar-refractivity contribution in [2.24, 2.45) is 0 Å². The highest BCUT2D eigenvalue weighted by molar-refractivity contribution is 7.27. The number of halogens is 1. The Balaban J connectivity index is 1.43. The Hall–Kier alpha value is -3.55. The molecule has 1 unspecified atom stereocenters. The number of aromatic nitrogens is 1.